The predicted octanol–water partition coefficient (Wildman–Crippen LogP) is 5.07. The van der Waals surface area contributed by atoms with Crippen LogP contribution in [-0.2, 0) is 0 Å². The van der Waals surface area contributed by atoms with Crippen LogP contribution in [0, 0.1) is 0 Å². The molecule has 0 heterocycles. The maximum atomic E-state index is 5.79. The molecular formula is C28H32N4O4. The Balaban J connectivity index is 0.000000201. The number of ether oxygens (including phenoxy) is 4. The van der Waals surface area contributed by atoms with E-state index in [4.69, 9.17) is 41.9 Å². The molecule has 0 amide bonds. The largest absolute Gasteiger partial charge is 0.496 e. The summed E-state index contributed by atoms with van der Waals surface area (Å²) in [5.41, 5.74) is 29.4. The molecule has 0 aliphatic rings. The molecule has 4 rings (SSSR count). The number of nitrogen functional groups attached to an aromatic ring is 4. The smallest absolute Gasteiger partial charge is 0.142 e. The molecule has 8 nitrogen and oxygen atoms in total. The van der Waals surface area contributed by atoms with Gasteiger partial charge < -0.3 is 41.9 Å². The van der Waals surface area contributed by atoms with Crippen molar-refractivity contribution in [1.29, 1.82) is 0 Å². The van der Waals surface area contributed by atoms with Crippen LogP contribution in [-0.4, -0.2) is 28.4 Å². The third-order valence-corrected chi connectivity index (χ3v) is 5.54. The molecule has 0 unspecified atom stereocenters. The predicted molar refractivity (Wildman–Crippen MR) is 148 cm³/mol. The Hall–Kier alpha value is -4.72. The maximum Gasteiger partial charge on any atom is 0.142 e. The van der Waals surface area contributed by atoms with Crippen molar-refractivity contribution >= 4 is 22.7 Å². The normalized spacial score (nSPS) is 10.1. The number of anilines is 4. The molecular weight excluding hydrogens is 456 g/mol. The lowest BCUT2D eigenvalue weighted by molar-refractivity contribution is 0.410. The van der Waals surface area contributed by atoms with Gasteiger partial charge in [0.1, 0.15) is 23.0 Å². The Morgan fingerprint density at radius 1 is 0.417 bits per heavy atom. The monoisotopic (exact) mass is 488 g/mol. The molecule has 0 aliphatic carbocycles. The first-order valence-corrected chi connectivity index (χ1v) is 11.1. The van der Waals surface area contributed by atoms with E-state index in [2.05, 4.69) is 0 Å². The van der Waals surface area contributed by atoms with Crippen molar-refractivity contribution in [3.8, 4) is 45.3 Å². The summed E-state index contributed by atoms with van der Waals surface area (Å²) < 4.78 is 21.1. The molecule has 4 aromatic rings. The lowest BCUT2D eigenvalue weighted by Gasteiger charge is -2.13. The Morgan fingerprint density at radius 2 is 0.778 bits per heavy atom. The molecule has 8 heteroatoms. The fourth-order valence-electron chi connectivity index (χ4n) is 3.64. The average Bonchev–Trinajstić information content (AvgIpc) is 2.89. The molecule has 36 heavy (non-hydrogen) atoms. The van der Waals surface area contributed by atoms with Crippen LogP contribution in [0.1, 0.15) is 0 Å². The van der Waals surface area contributed by atoms with Crippen molar-refractivity contribution in [2.24, 2.45) is 0 Å². The summed E-state index contributed by atoms with van der Waals surface area (Å²) in [5, 5.41) is 0. The highest BCUT2D eigenvalue weighted by molar-refractivity contribution is 5.79. The van der Waals surface area contributed by atoms with Crippen LogP contribution >= 0.6 is 0 Å². The number of methoxy groups -OCH3 is 4. The minimum absolute atomic E-state index is 0.615. The summed E-state index contributed by atoms with van der Waals surface area (Å²) in [4.78, 5) is 0. The first-order valence-electron chi connectivity index (χ1n) is 11.1. The third kappa shape index (κ3) is 5.85. The summed E-state index contributed by atoms with van der Waals surface area (Å²) in [5.74, 6) is 2.72. The minimum atomic E-state index is 0.615. The van der Waals surface area contributed by atoms with Crippen molar-refractivity contribution in [2.45, 2.75) is 0 Å². The van der Waals surface area contributed by atoms with Crippen molar-refractivity contribution < 1.29 is 18.9 Å². The van der Waals surface area contributed by atoms with Crippen LogP contribution < -0.4 is 41.9 Å². The van der Waals surface area contributed by atoms with Gasteiger partial charge in [0.05, 0.1) is 39.8 Å². The van der Waals surface area contributed by atoms with Crippen molar-refractivity contribution in [2.75, 3.05) is 51.4 Å². The third-order valence-electron chi connectivity index (χ3n) is 5.54. The highest BCUT2D eigenvalue weighted by atomic mass is 16.5. The standard InChI is InChI=1S/2C14H16N2O2/c1-17-13-7-9(15)3-5-11(13)12-6-4-10(16)8-14(12)18-2;1-17-13-7-9(3-5-11(13)15)10-4-6-12(16)14(8-10)18-2/h2*3-8H,15-16H2,1-2H3. The molecule has 4 aromatic carbocycles. The maximum absolute atomic E-state index is 5.79. The van der Waals surface area contributed by atoms with E-state index in [1.165, 1.54) is 0 Å². The Bertz CT molecular complexity index is 1240. The lowest BCUT2D eigenvalue weighted by atomic mass is 10.0. The van der Waals surface area contributed by atoms with Crippen LogP contribution in [0.4, 0.5) is 22.7 Å². The molecule has 0 radical (unpaired) electrons. The highest BCUT2D eigenvalue weighted by Gasteiger charge is 2.11. The van der Waals surface area contributed by atoms with Crippen LogP contribution in [0.3, 0.4) is 0 Å². The zero-order valence-corrected chi connectivity index (χ0v) is 20.9. The topological polar surface area (TPSA) is 141 Å². The van der Waals surface area contributed by atoms with Crippen molar-refractivity contribution in [3.05, 3.63) is 72.8 Å². The second kappa shape index (κ2) is 11.6. The molecule has 0 saturated carbocycles. The van der Waals surface area contributed by atoms with E-state index in [1.807, 2.05) is 60.7 Å². The number of nitrogens with two attached hydrogens (primary N) is 4. The van der Waals surface area contributed by atoms with Gasteiger partial charge in [0.25, 0.3) is 0 Å². The highest BCUT2D eigenvalue weighted by Crippen LogP contribution is 2.38. The van der Waals surface area contributed by atoms with Crippen molar-refractivity contribution in [1.82, 2.24) is 0 Å². The van der Waals surface area contributed by atoms with Crippen molar-refractivity contribution in [3.63, 3.8) is 0 Å². The molecule has 0 fully saturated rings. The molecule has 188 valence electrons. The molecule has 0 saturated heterocycles. The van der Waals surface area contributed by atoms with Gasteiger partial charge in [-0.15, -0.1) is 0 Å². The summed E-state index contributed by atoms with van der Waals surface area (Å²) in [7, 11) is 6.42. The van der Waals surface area contributed by atoms with Crippen LogP contribution in [0.2, 0.25) is 0 Å². The zero-order chi connectivity index (χ0) is 26.2. The second-order valence-electron chi connectivity index (χ2n) is 7.83. The van der Waals surface area contributed by atoms with Gasteiger partial charge in [-0.05, 0) is 59.7 Å². The van der Waals surface area contributed by atoms with Crippen LogP contribution in [0.15, 0.2) is 72.8 Å². The SMILES string of the molecule is COc1cc(-c2ccc(N)c(OC)c2)ccc1N.COc1cc(N)ccc1-c1ccc(N)cc1OC. The van der Waals surface area contributed by atoms with E-state index in [1.54, 1.807) is 40.6 Å². The molecule has 0 spiro atoms. The zero-order valence-electron chi connectivity index (χ0n) is 20.9. The van der Waals surface area contributed by atoms with Gasteiger partial charge in [-0.25, -0.2) is 0 Å². The average molecular weight is 489 g/mol. The number of benzene rings is 4. The van der Waals surface area contributed by atoms with Crippen LogP contribution in [0.5, 0.6) is 23.0 Å². The van der Waals surface area contributed by atoms with Gasteiger partial charge in [-0.2, -0.15) is 0 Å². The van der Waals surface area contributed by atoms with Gasteiger partial charge in [-0.3, -0.25) is 0 Å². The second-order valence-corrected chi connectivity index (χ2v) is 7.83. The van der Waals surface area contributed by atoms with E-state index < -0.39 is 0 Å². The van der Waals surface area contributed by atoms with Crippen LogP contribution in [0.25, 0.3) is 22.3 Å². The Morgan fingerprint density at radius 3 is 1.11 bits per heavy atom. The number of hydrogen-bond donors (Lipinski definition) is 4. The molecule has 0 bridgehead atoms. The van der Waals surface area contributed by atoms with Gasteiger partial charge in [0.2, 0.25) is 0 Å². The summed E-state index contributed by atoms with van der Waals surface area (Å²) in [6.45, 7) is 0. The number of rotatable bonds is 6. The number of hydrogen-bond acceptors (Lipinski definition) is 8. The summed E-state index contributed by atoms with van der Waals surface area (Å²) in [6.07, 6.45) is 0. The van der Waals surface area contributed by atoms with Gasteiger partial charge in [0, 0.05) is 34.6 Å². The van der Waals surface area contributed by atoms with E-state index in [0.29, 0.717) is 45.7 Å². The first kappa shape index (κ1) is 25.9. The summed E-state index contributed by atoms with van der Waals surface area (Å²) in [6, 6.07) is 22.3. The first-order chi connectivity index (χ1) is 17.3. The van der Waals surface area contributed by atoms with Gasteiger partial charge >= 0.3 is 0 Å². The Labute approximate surface area is 211 Å². The van der Waals surface area contributed by atoms with E-state index >= 15 is 0 Å². The molecule has 0 aliphatic heterocycles. The molecule has 0 atom stereocenters. The fourth-order valence-corrected chi connectivity index (χ4v) is 3.64. The van der Waals surface area contributed by atoms with E-state index in [-0.39, 0.29) is 0 Å². The minimum Gasteiger partial charge on any atom is -0.496 e. The lowest BCUT2D eigenvalue weighted by Crippen LogP contribution is -1.95. The van der Waals surface area contributed by atoms with E-state index in [9.17, 15) is 0 Å². The quantitative estimate of drug-likeness (QED) is 0.276. The Kier molecular flexibility index (Phi) is 8.35. The summed E-state index contributed by atoms with van der Waals surface area (Å²) >= 11 is 0. The molecule has 0 aromatic heterocycles. The fraction of sp³-hybridized carbons (Fsp3) is 0.143. The molecule has 8 N–H and O–H groups in total. The van der Waals surface area contributed by atoms with Gasteiger partial charge in [0.15, 0.2) is 0 Å². The van der Waals surface area contributed by atoms with E-state index in [0.717, 1.165) is 22.3 Å². The van der Waals surface area contributed by atoms with Gasteiger partial charge in [-0.1, -0.05) is 12.1 Å².